The van der Waals surface area contributed by atoms with Gasteiger partial charge in [0, 0.05) is 5.41 Å². The van der Waals surface area contributed by atoms with Crippen LogP contribution in [0.4, 0.5) is 0 Å². The average molecular weight is 235 g/mol. The van der Waals surface area contributed by atoms with E-state index in [0.717, 1.165) is 16.7 Å². The van der Waals surface area contributed by atoms with Gasteiger partial charge in [0.05, 0.1) is 7.11 Å². The summed E-state index contributed by atoms with van der Waals surface area (Å²) in [7, 11) is 1.36. The molecule has 0 fully saturated rings. The smallest absolute Gasteiger partial charge is 0.323 e. The van der Waals surface area contributed by atoms with Crippen LogP contribution in [0, 0.1) is 13.8 Å². The highest BCUT2D eigenvalue weighted by Crippen LogP contribution is 2.30. The maximum absolute atomic E-state index is 11.6. The summed E-state index contributed by atoms with van der Waals surface area (Å²) >= 11 is 0. The van der Waals surface area contributed by atoms with Gasteiger partial charge in [-0.1, -0.05) is 37.6 Å². The summed E-state index contributed by atoms with van der Waals surface area (Å²) in [4.78, 5) is 11.6. The molecule has 0 amide bonds. The van der Waals surface area contributed by atoms with Crippen molar-refractivity contribution in [2.45, 2.75) is 39.2 Å². The SMILES string of the molecule is COC(=O)C(N)C(C)(C)c1cc(C)ccc1C. The molecule has 0 aliphatic carbocycles. The molecule has 0 bridgehead atoms. The van der Waals surface area contributed by atoms with Crippen molar-refractivity contribution in [1.82, 2.24) is 0 Å². The van der Waals surface area contributed by atoms with Crippen molar-refractivity contribution in [3.63, 3.8) is 0 Å². The summed E-state index contributed by atoms with van der Waals surface area (Å²) in [6.45, 7) is 8.00. The molecule has 3 nitrogen and oxygen atoms in total. The third kappa shape index (κ3) is 2.67. The van der Waals surface area contributed by atoms with E-state index in [9.17, 15) is 4.79 Å². The first-order valence-corrected chi connectivity index (χ1v) is 5.72. The molecule has 1 unspecified atom stereocenters. The van der Waals surface area contributed by atoms with Crippen molar-refractivity contribution in [3.8, 4) is 0 Å². The number of methoxy groups -OCH3 is 1. The van der Waals surface area contributed by atoms with Crippen molar-refractivity contribution in [2.24, 2.45) is 5.73 Å². The average Bonchev–Trinajstić information content (AvgIpc) is 2.30. The minimum Gasteiger partial charge on any atom is -0.468 e. The normalized spacial score (nSPS) is 13.3. The van der Waals surface area contributed by atoms with Crippen LogP contribution in [0.2, 0.25) is 0 Å². The highest BCUT2D eigenvalue weighted by molar-refractivity contribution is 5.77. The van der Waals surface area contributed by atoms with Gasteiger partial charge in [0.1, 0.15) is 6.04 Å². The van der Waals surface area contributed by atoms with E-state index in [-0.39, 0.29) is 5.97 Å². The summed E-state index contributed by atoms with van der Waals surface area (Å²) in [6, 6.07) is 5.53. The lowest BCUT2D eigenvalue weighted by molar-refractivity contribution is -0.143. The Kier molecular flexibility index (Phi) is 3.94. The van der Waals surface area contributed by atoms with Gasteiger partial charge in [0.25, 0.3) is 0 Å². The van der Waals surface area contributed by atoms with Gasteiger partial charge in [-0.25, -0.2) is 0 Å². The molecule has 0 aliphatic rings. The number of nitrogens with two attached hydrogens (primary N) is 1. The number of benzene rings is 1. The van der Waals surface area contributed by atoms with E-state index in [4.69, 9.17) is 10.5 Å². The molecule has 1 atom stereocenters. The van der Waals surface area contributed by atoms with Crippen molar-refractivity contribution in [1.29, 1.82) is 0 Å². The molecule has 0 aromatic heterocycles. The van der Waals surface area contributed by atoms with Crippen LogP contribution in [-0.4, -0.2) is 19.1 Å². The van der Waals surface area contributed by atoms with E-state index < -0.39 is 11.5 Å². The lowest BCUT2D eigenvalue weighted by Gasteiger charge is -2.31. The van der Waals surface area contributed by atoms with E-state index in [0.29, 0.717) is 0 Å². The molecule has 1 aromatic carbocycles. The van der Waals surface area contributed by atoms with Crippen LogP contribution in [0.3, 0.4) is 0 Å². The summed E-state index contributed by atoms with van der Waals surface area (Å²) in [6.07, 6.45) is 0. The fourth-order valence-corrected chi connectivity index (χ4v) is 2.02. The number of aryl methyl sites for hydroxylation is 2. The zero-order valence-corrected chi connectivity index (χ0v) is 11.2. The molecule has 0 aliphatic heterocycles. The second-order valence-corrected chi connectivity index (χ2v) is 5.04. The van der Waals surface area contributed by atoms with Gasteiger partial charge in [-0.05, 0) is 25.0 Å². The Bertz CT molecular complexity index is 424. The van der Waals surface area contributed by atoms with Gasteiger partial charge >= 0.3 is 5.97 Å². The van der Waals surface area contributed by atoms with Crippen molar-refractivity contribution in [3.05, 3.63) is 34.9 Å². The van der Waals surface area contributed by atoms with Gasteiger partial charge in [-0.3, -0.25) is 4.79 Å². The lowest BCUT2D eigenvalue weighted by Crippen LogP contribution is -2.47. The predicted octanol–water partition coefficient (Wildman–Crippen LogP) is 2.08. The van der Waals surface area contributed by atoms with Crippen LogP contribution in [0.5, 0.6) is 0 Å². The second kappa shape index (κ2) is 4.88. The van der Waals surface area contributed by atoms with Crippen molar-refractivity contribution in [2.75, 3.05) is 7.11 Å². The van der Waals surface area contributed by atoms with E-state index in [1.54, 1.807) is 0 Å². The number of ether oxygens (including phenoxy) is 1. The summed E-state index contributed by atoms with van der Waals surface area (Å²) in [5.41, 5.74) is 8.94. The monoisotopic (exact) mass is 235 g/mol. The van der Waals surface area contributed by atoms with Gasteiger partial charge < -0.3 is 10.5 Å². The van der Waals surface area contributed by atoms with E-state index in [1.807, 2.05) is 27.7 Å². The highest BCUT2D eigenvalue weighted by Gasteiger charge is 2.35. The molecule has 0 radical (unpaired) electrons. The number of esters is 1. The number of hydrogen-bond donors (Lipinski definition) is 1. The largest absolute Gasteiger partial charge is 0.468 e. The molecule has 0 spiro atoms. The Balaban J connectivity index is 3.20. The van der Waals surface area contributed by atoms with Crippen molar-refractivity contribution < 1.29 is 9.53 Å². The first-order chi connectivity index (χ1) is 7.80. The Morgan fingerprint density at radius 1 is 1.35 bits per heavy atom. The summed E-state index contributed by atoms with van der Waals surface area (Å²) < 4.78 is 4.73. The minimum atomic E-state index is -0.659. The maximum atomic E-state index is 11.6. The van der Waals surface area contributed by atoms with Gasteiger partial charge in [-0.15, -0.1) is 0 Å². The van der Waals surface area contributed by atoms with Gasteiger partial charge in [0.15, 0.2) is 0 Å². The molecule has 1 rings (SSSR count). The zero-order chi connectivity index (χ0) is 13.2. The van der Waals surface area contributed by atoms with Crippen LogP contribution >= 0.6 is 0 Å². The van der Waals surface area contributed by atoms with Gasteiger partial charge in [-0.2, -0.15) is 0 Å². The fraction of sp³-hybridized carbons (Fsp3) is 0.500. The predicted molar refractivity (Wildman–Crippen MR) is 68.9 cm³/mol. The third-order valence-corrected chi connectivity index (χ3v) is 3.32. The Morgan fingerprint density at radius 2 is 1.94 bits per heavy atom. The van der Waals surface area contributed by atoms with Crippen LogP contribution in [-0.2, 0) is 14.9 Å². The van der Waals surface area contributed by atoms with Crippen LogP contribution in [0.15, 0.2) is 18.2 Å². The lowest BCUT2D eigenvalue weighted by atomic mass is 9.75. The molecule has 94 valence electrons. The Labute approximate surface area is 103 Å². The molecule has 1 aromatic rings. The summed E-state index contributed by atoms with van der Waals surface area (Å²) in [5.74, 6) is -0.379. The van der Waals surface area contributed by atoms with E-state index >= 15 is 0 Å². The molecular formula is C14H21NO2. The highest BCUT2D eigenvalue weighted by atomic mass is 16.5. The quantitative estimate of drug-likeness (QED) is 0.816. The first kappa shape index (κ1) is 13.7. The maximum Gasteiger partial charge on any atom is 0.323 e. The number of hydrogen-bond acceptors (Lipinski definition) is 3. The topological polar surface area (TPSA) is 52.3 Å². The second-order valence-electron chi connectivity index (χ2n) is 5.04. The Morgan fingerprint density at radius 3 is 2.47 bits per heavy atom. The number of rotatable bonds is 3. The number of carbonyl (C=O) groups is 1. The molecular weight excluding hydrogens is 214 g/mol. The fourth-order valence-electron chi connectivity index (χ4n) is 2.02. The molecule has 0 heterocycles. The van der Waals surface area contributed by atoms with Crippen LogP contribution < -0.4 is 5.73 Å². The van der Waals surface area contributed by atoms with Crippen LogP contribution in [0.25, 0.3) is 0 Å². The molecule has 17 heavy (non-hydrogen) atoms. The molecule has 3 heteroatoms. The third-order valence-electron chi connectivity index (χ3n) is 3.32. The number of carbonyl (C=O) groups excluding carboxylic acids is 1. The minimum absolute atomic E-state index is 0.379. The molecule has 0 saturated carbocycles. The van der Waals surface area contributed by atoms with E-state index in [1.165, 1.54) is 7.11 Å². The van der Waals surface area contributed by atoms with E-state index in [2.05, 4.69) is 18.2 Å². The van der Waals surface area contributed by atoms with Crippen LogP contribution in [0.1, 0.15) is 30.5 Å². The summed E-state index contributed by atoms with van der Waals surface area (Å²) in [5, 5.41) is 0. The zero-order valence-electron chi connectivity index (χ0n) is 11.2. The van der Waals surface area contributed by atoms with Crippen molar-refractivity contribution >= 4 is 5.97 Å². The molecule has 0 saturated heterocycles. The van der Waals surface area contributed by atoms with Gasteiger partial charge in [0.2, 0.25) is 0 Å². The standard InChI is InChI=1S/C14H21NO2/c1-9-6-7-10(2)11(8-9)14(3,4)12(15)13(16)17-5/h6-8,12H,15H2,1-5H3. The molecule has 2 N–H and O–H groups in total. The first-order valence-electron chi connectivity index (χ1n) is 5.72. The Hall–Kier alpha value is -1.35.